The van der Waals surface area contributed by atoms with E-state index in [9.17, 15) is 19.2 Å². The van der Waals surface area contributed by atoms with E-state index in [1.807, 2.05) is 36.4 Å². The molecule has 2 atom stereocenters. The van der Waals surface area contributed by atoms with E-state index in [0.717, 1.165) is 5.56 Å². The maximum absolute atomic E-state index is 13.9. The number of carbonyl (C=O) groups excluding carboxylic acids is 4. The Bertz CT molecular complexity index is 1340. The normalized spacial score (nSPS) is 19.0. The van der Waals surface area contributed by atoms with Crippen molar-refractivity contribution in [3.63, 3.8) is 0 Å². The first kappa shape index (κ1) is 26.0. The third kappa shape index (κ3) is 5.77. The Hall–Kier alpha value is -4.66. The Balaban J connectivity index is 1.37. The first-order valence-electron chi connectivity index (χ1n) is 12.9. The summed E-state index contributed by atoms with van der Waals surface area (Å²) in [6.07, 6.45) is -1.38. The second-order valence-corrected chi connectivity index (χ2v) is 9.64. The van der Waals surface area contributed by atoms with Crippen molar-refractivity contribution >= 4 is 29.5 Å². The van der Waals surface area contributed by atoms with Crippen molar-refractivity contribution in [2.75, 3.05) is 31.5 Å². The zero-order valence-electron chi connectivity index (χ0n) is 21.7. The van der Waals surface area contributed by atoms with Gasteiger partial charge in [0.2, 0.25) is 11.8 Å². The number of carbonyl (C=O) groups is 4. The van der Waals surface area contributed by atoms with Crippen LogP contribution < -0.4 is 5.32 Å². The van der Waals surface area contributed by atoms with E-state index in [4.69, 9.17) is 4.74 Å². The molecule has 0 spiro atoms. The Morgan fingerprint density at radius 1 is 0.821 bits per heavy atom. The first-order valence-corrected chi connectivity index (χ1v) is 12.9. The highest BCUT2D eigenvalue weighted by Crippen LogP contribution is 2.35. The molecule has 3 aromatic rings. The minimum Gasteiger partial charge on any atom is -0.438 e. The Kier molecular flexibility index (Phi) is 7.58. The zero-order chi connectivity index (χ0) is 27.4. The van der Waals surface area contributed by atoms with Crippen LogP contribution in [-0.4, -0.2) is 70.7 Å². The monoisotopic (exact) mass is 526 g/mol. The molecule has 1 N–H and O–H groups in total. The maximum Gasteiger partial charge on any atom is 0.411 e. The third-order valence-corrected chi connectivity index (χ3v) is 7.10. The standard InChI is InChI=1S/C30H30N4O5/c1-21(35)32-16-18-33(19-17-32)29(37)26-27(39-30(38)34(26)20-22-8-4-2-5-9-22)23-12-14-25(15-13-23)31-28(36)24-10-6-3-7-11-24/h2-15,26-27H,16-20H2,1H3,(H,31,36). The number of nitrogens with zero attached hydrogens (tertiary/aromatic N) is 3. The lowest BCUT2D eigenvalue weighted by molar-refractivity contribution is -0.142. The topological polar surface area (TPSA) is 99.3 Å². The summed E-state index contributed by atoms with van der Waals surface area (Å²) >= 11 is 0. The molecule has 0 saturated carbocycles. The van der Waals surface area contributed by atoms with E-state index in [0.29, 0.717) is 43.0 Å². The third-order valence-electron chi connectivity index (χ3n) is 7.10. The number of nitrogens with one attached hydrogen (secondary N) is 1. The van der Waals surface area contributed by atoms with Gasteiger partial charge < -0.3 is 19.9 Å². The van der Waals surface area contributed by atoms with Crippen LogP contribution in [0.25, 0.3) is 0 Å². The van der Waals surface area contributed by atoms with Gasteiger partial charge in [-0.1, -0.05) is 60.7 Å². The molecular formula is C30H30N4O5. The van der Waals surface area contributed by atoms with Crippen molar-refractivity contribution in [1.82, 2.24) is 14.7 Å². The summed E-state index contributed by atoms with van der Waals surface area (Å²) in [5.74, 6) is -0.474. The van der Waals surface area contributed by atoms with Crippen molar-refractivity contribution in [3.8, 4) is 0 Å². The molecule has 0 aromatic heterocycles. The molecule has 2 aliphatic rings. The van der Waals surface area contributed by atoms with Crippen molar-refractivity contribution in [3.05, 3.63) is 102 Å². The van der Waals surface area contributed by atoms with Crippen molar-refractivity contribution in [2.45, 2.75) is 25.6 Å². The van der Waals surface area contributed by atoms with Gasteiger partial charge in [0.25, 0.3) is 5.91 Å². The number of anilines is 1. The van der Waals surface area contributed by atoms with Gasteiger partial charge in [-0.25, -0.2) is 4.79 Å². The molecule has 2 heterocycles. The molecule has 0 radical (unpaired) electrons. The predicted octanol–water partition coefficient (Wildman–Crippen LogP) is 3.69. The number of amides is 4. The molecule has 2 saturated heterocycles. The Morgan fingerprint density at radius 2 is 1.41 bits per heavy atom. The van der Waals surface area contributed by atoms with Crippen molar-refractivity contribution in [1.29, 1.82) is 0 Å². The smallest absolute Gasteiger partial charge is 0.411 e. The largest absolute Gasteiger partial charge is 0.438 e. The van der Waals surface area contributed by atoms with E-state index in [1.54, 1.807) is 58.3 Å². The van der Waals surface area contributed by atoms with E-state index < -0.39 is 18.2 Å². The molecule has 9 heteroatoms. The number of ether oxygens (including phenoxy) is 1. The number of hydrogen-bond donors (Lipinski definition) is 1. The van der Waals surface area contributed by atoms with Gasteiger partial charge >= 0.3 is 6.09 Å². The Morgan fingerprint density at radius 3 is 2.03 bits per heavy atom. The SMILES string of the molecule is CC(=O)N1CCN(C(=O)C2C(c3ccc(NC(=O)c4ccccc4)cc3)OC(=O)N2Cc2ccccc2)CC1. The summed E-state index contributed by atoms with van der Waals surface area (Å²) < 4.78 is 5.79. The summed E-state index contributed by atoms with van der Waals surface area (Å²) in [4.78, 5) is 56.1. The van der Waals surface area contributed by atoms with Gasteiger partial charge in [0.05, 0.1) is 6.54 Å². The molecule has 39 heavy (non-hydrogen) atoms. The fourth-order valence-corrected chi connectivity index (χ4v) is 4.95. The molecule has 4 amide bonds. The Labute approximate surface area is 227 Å². The summed E-state index contributed by atoms with van der Waals surface area (Å²) in [6.45, 7) is 3.41. The van der Waals surface area contributed by atoms with E-state index >= 15 is 0 Å². The molecule has 2 aliphatic heterocycles. The van der Waals surface area contributed by atoms with Crippen LogP contribution in [0.3, 0.4) is 0 Å². The molecule has 200 valence electrons. The summed E-state index contributed by atoms with van der Waals surface area (Å²) in [5, 5.41) is 2.86. The molecule has 2 unspecified atom stereocenters. The van der Waals surface area contributed by atoms with Gasteiger partial charge in [-0.05, 0) is 35.4 Å². The minimum atomic E-state index is -0.869. The molecular weight excluding hydrogens is 496 g/mol. The number of cyclic esters (lactones) is 1. The number of piperazine rings is 1. The molecule has 3 aromatic carbocycles. The van der Waals surface area contributed by atoms with Crippen molar-refractivity contribution in [2.24, 2.45) is 0 Å². The first-order chi connectivity index (χ1) is 18.9. The highest BCUT2D eigenvalue weighted by molar-refractivity contribution is 6.04. The van der Waals surface area contributed by atoms with E-state index in [1.165, 1.54) is 11.8 Å². The maximum atomic E-state index is 13.9. The molecule has 9 nitrogen and oxygen atoms in total. The average Bonchev–Trinajstić information content (AvgIpc) is 3.29. The predicted molar refractivity (Wildman–Crippen MR) is 145 cm³/mol. The second-order valence-electron chi connectivity index (χ2n) is 9.64. The molecule has 0 aliphatic carbocycles. The molecule has 0 bridgehead atoms. The highest BCUT2D eigenvalue weighted by Gasteiger charge is 2.48. The summed E-state index contributed by atoms with van der Waals surface area (Å²) in [6, 6.07) is 24.5. The van der Waals surface area contributed by atoms with Crippen molar-refractivity contribution < 1.29 is 23.9 Å². The van der Waals surface area contributed by atoms with Crippen LogP contribution in [0, 0.1) is 0 Å². The van der Waals surface area contributed by atoms with Crippen LogP contribution in [0.15, 0.2) is 84.9 Å². The fraction of sp³-hybridized carbons (Fsp3) is 0.267. The van der Waals surface area contributed by atoms with Gasteiger partial charge in [0, 0.05) is 44.4 Å². The van der Waals surface area contributed by atoms with Crippen LogP contribution >= 0.6 is 0 Å². The average molecular weight is 527 g/mol. The minimum absolute atomic E-state index is 0.0236. The molecule has 5 rings (SSSR count). The lowest BCUT2D eigenvalue weighted by Gasteiger charge is -2.37. The van der Waals surface area contributed by atoms with Gasteiger partial charge in [0.1, 0.15) is 0 Å². The highest BCUT2D eigenvalue weighted by atomic mass is 16.6. The lowest BCUT2D eigenvalue weighted by Crippen LogP contribution is -2.55. The van der Waals surface area contributed by atoms with Crippen LogP contribution in [0.5, 0.6) is 0 Å². The quantitative estimate of drug-likeness (QED) is 0.528. The van der Waals surface area contributed by atoms with Gasteiger partial charge in [-0.2, -0.15) is 0 Å². The molecule has 2 fully saturated rings. The van der Waals surface area contributed by atoms with Crippen LogP contribution in [0.4, 0.5) is 10.5 Å². The second kappa shape index (κ2) is 11.4. The van der Waals surface area contributed by atoms with Crippen LogP contribution in [0.1, 0.15) is 34.5 Å². The van der Waals surface area contributed by atoms with E-state index in [2.05, 4.69) is 5.32 Å². The summed E-state index contributed by atoms with van der Waals surface area (Å²) in [7, 11) is 0. The van der Waals surface area contributed by atoms with Gasteiger partial charge in [-0.15, -0.1) is 0 Å². The van der Waals surface area contributed by atoms with Gasteiger partial charge in [0.15, 0.2) is 12.1 Å². The zero-order valence-corrected chi connectivity index (χ0v) is 21.7. The number of benzene rings is 3. The number of rotatable bonds is 6. The lowest BCUT2D eigenvalue weighted by atomic mass is 9.99. The van der Waals surface area contributed by atoms with Crippen LogP contribution in [-0.2, 0) is 20.9 Å². The van der Waals surface area contributed by atoms with E-state index in [-0.39, 0.29) is 24.3 Å². The van der Waals surface area contributed by atoms with Crippen LogP contribution in [0.2, 0.25) is 0 Å². The van der Waals surface area contributed by atoms with Gasteiger partial charge in [-0.3, -0.25) is 19.3 Å². The fourth-order valence-electron chi connectivity index (χ4n) is 4.95. The summed E-state index contributed by atoms with van der Waals surface area (Å²) in [5.41, 5.74) is 2.66. The number of hydrogen-bond acceptors (Lipinski definition) is 5.